The lowest BCUT2D eigenvalue weighted by Gasteiger charge is -2.32. The first-order chi connectivity index (χ1) is 13.6. The number of nitrogens with zero attached hydrogens (tertiary/aromatic N) is 1. The van der Waals surface area contributed by atoms with E-state index >= 15 is 0 Å². The molecule has 0 radical (unpaired) electrons. The van der Waals surface area contributed by atoms with Crippen LogP contribution in [0.4, 0.5) is 0 Å². The Kier molecular flexibility index (Phi) is 7.06. The van der Waals surface area contributed by atoms with Crippen molar-refractivity contribution in [3.05, 3.63) is 34.9 Å². The normalized spacial score (nSPS) is 16.4. The first kappa shape index (κ1) is 24.4. The summed E-state index contributed by atoms with van der Waals surface area (Å²) in [5.41, 5.74) is 2.70. The number of amides is 2. The van der Waals surface area contributed by atoms with Gasteiger partial charge in [0.15, 0.2) is 9.84 Å². The van der Waals surface area contributed by atoms with Crippen LogP contribution in [-0.4, -0.2) is 56.3 Å². The van der Waals surface area contributed by atoms with Crippen molar-refractivity contribution in [1.29, 1.82) is 0 Å². The van der Waals surface area contributed by atoms with Gasteiger partial charge in [-0.1, -0.05) is 47.6 Å². The third kappa shape index (κ3) is 5.84. The van der Waals surface area contributed by atoms with Crippen LogP contribution in [0.2, 0.25) is 0 Å². The third-order valence-corrected chi connectivity index (χ3v) is 7.91. The van der Waals surface area contributed by atoms with Crippen LogP contribution < -0.4 is 5.32 Å². The molecule has 6 nitrogen and oxygen atoms in total. The molecule has 1 aliphatic rings. The maximum absolute atomic E-state index is 13.3. The van der Waals surface area contributed by atoms with Crippen molar-refractivity contribution < 1.29 is 18.0 Å². The average molecular weight is 437 g/mol. The maximum atomic E-state index is 13.3. The largest absolute Gasteiger partial charge is 0.358 e. The maximum Gasteiger partial charge on any atom is 0.253 e. The van der Waals surface area contributed by atoms with E-state index in [1.54, 1.807) is 4.90 Å². The Bertz CT molecular complexity index is 868. The number of carbonyl (C=O) groups is 2. The molecule has 168 valence electrons. The van der Waals surface area contributed by atoms with Crippen LogP contribution in [0.25, 0.3) is 0 Å². The minimum atomic E-state index is -3.51. The van der Waals surface area contributed by atoms with Crippen LogP contribution in [0.5, 0.6) is 0 Å². The highest BCUT2D eigenvalue weighted by Gasteiger charge is 2.33. The molecule has 2 rings (SSSR count). The van der Waals surface area contributed by atoms with Gasteiger partial charge in [-0.05, 0) is 46.9 Å². The third-order valence-electron chi connectivity index (χ3n) is 5.76. The lowest BCUT2D eigenvalue weighted by Crippen LogP contribution is -2.44. The Hall–Kier alpha value is -1.89. The van der Waals surface area contributed by atoms with E-state index in [-0.39, 0.29) is 16.7 Å². The number of rotatable bonds is 4. The first-order valence-electron chi connectivity index (χ1n) is 10.5. The van der Waals surface area contributed by atoms with Crippen LogP contribution in [0, 0.1) is 0 Å². The van der Waals surface area contributed by atoms with Gasteiger partial charge in [0.05, 0.1) is 5.25 Å². The predicted octanol–water partition coefficient (Wildman–Crippen LogP) is 3.05. The standard InChI is InChI=1S/C23H36N2O4S/c1-22(2,3)17-12-16(13-18(14-17)23(4,5)6)21(27)25-10-8-19(9-11-25)30(28,29)15-20(26)24-7/h12-14,19H,8-11,15H2,1-7H3,(H,24,26). The molecule has 1 fully saturated rings. The van der Waals surface area contributed by atoms with Gasteiger partial charge < -0.3 is 10.2 Å². The predicted molar refractivity (Wildman–Crippen MR) is 121 cm³/mol. The van der Waals surface area contributed by atoms with Crippen molar-refractivity contribution in [3.8, 4) is 0 Å². The summed E-state index contributed by atoms with van der Waals surface area (Å²) in [6.45, 7) is 13.5. The molecule has 1 aromatic rings. The molecule has 0 saturated carbocycles. The lowest BCUT2D eigenvalue weighted by molar-refractivity contribution is -0.118. The molecule has 0 spiro atoms. The van der Waals surface area contributed by atoms with E-state index in [1.165, 1.54) is 7.05 Å². The van der Waals surface area contributed by atoms with Crippen molar-refractivity contribution in [1.82, 2.24) is 10.2 Å². The molecule has 30 heavy (non-hydrogen) atoms. The highest BCUT2D eigenvalue weighted by Crippen LogP contribution is 2.31. The number of benzene rings is 1. The number of piperidine rings is 1. The molecule has 0 atom stereocenters. The van der Waals surface area contributed by atoms with Crippen molar-refractivity contribution in [2.75, 3.05) is 25.9 Å². The fourth-order valence-corrected chi connectivity index (χ4v) is 5.26. The molecule has 1 aliphatic heterocycles. The Morgan fingerprint density at radius 2 is 1.43 bits per heavy atom. The second-order valence-electron chi connectivity index (χ2n) is 10.3. The molecule has 7 heteroatoms. The van der Waals surface area contributed by atoms with Gasteiger partial charge in [-0.3, -0.25) is 9.59 Å². The van der Waals surface area contributed by atoms with Gasteiger partial charge in [-0.2, -0.15) is 0 Å². The van der Waals surface area contributed by atoms with Gasteiger partial charge in [0.25, 0.3) is 5.91 Å². The Morgan fingerprint density at radius 1 is 0.967 bits per heavy atom. The molecule has 0 bridgehead atoms. The van der Waals surface area contributed by atoms with Gasteiger partial charge in [-0.15, -0.1) is 0 Å². The molecule has 0 aliphatic carbocycles. The van der Waals surface area contributed by atoms with Gasteiger partial charge in [-0.25, -0.2) is 8.42 Å². The van der Waals surface area contributed by atoms with Crippen molar-refractivity contribution in [3.63, 3.8) is 0 Å². The Balaban J connectivity index is 2.21. The number of nitrogens with one attached hydrogen (secondary N) is 1. The Morgan fingerprint density at radius 3 is 1.83 bits per heavy atom. The molecular formula is C23H36N2O4S. The Labute approximate surface area is 181 Å². The molecule has 0 unspecified atom stereocenters. The van der Waals surface area contributed by atoms with Crippen LogP contribution >= 0.6 is 0 Å². The lowest BCUT2D eigenvalue weighted by atomic mass is 9.79. The molecule has 1 heterocycles. The van der Waals surface area contributed by atoms with Crippen LogP contribution in [0.3, 0.4) is 0 Å². The number of sulfone groups is 1. The monoisotopic (exact) mass is 436 g/mol. The fourth-order valence-electron chi connectivity index (χ4n) is 3.59. The van der Waals surface area contributed by atoms with Crippen LogP contribution in [0.1, 0.15) is 75.9 Å². The SMILES string of the molecule is CNC(=O)CS(=O)(=O)C1CCN(C(=O)c2cc(C(C)(C)C)cc(C(C)(C)C)c2)CC1. The second kappa shape index (κ2) is 8.69. The second-order valence-corrected chi connectivity index (χ2v) is 12.6. The first-order valence-corrected chi connectivity index (χ1v) is 12.2. The summed E-state index contributed by atoms with van der Waals surface area (Å²) >= 11 is 0. The smallest absolute Gasteiger partial charge is 0.253 e. The van der Waals surface area contributed by atoms with Crippen LogP contribution in [0.15, 0.2) is 18.2 Å². The van der Waals surface area contributed by atoms with Gasteiger partial charge >= 0.3 is 0 Å². The van der Waals surface area contributed by atoms with Crippen LogP contribution in [-0.2, 0) is 25.5 Å². The number of carbonyl (C=O) groups excluding carboxylic acids is 2. The van der Waals surface area contributed by atoms with Crippen molar-refractivity contribution >= 4 is 21.7 Å². The summed E-state index contributed by atoms with van der Waals surface area (Å²) in [4.78, 5) is 26.5. The summed E-state index contributed by atoms with van der Waals surface area (Å²) in [7, 11) is -2.08. The van der Waals surface area contributed by atoms with E-state index < -0.39 is 26.7 Å². The summed E-state index contributed by atoms with van der Waals surface area (Å²) < 4.78 is 24.9. The number of likely N-dealkylation sites (tertiary alicyclic amines) is 1. The van der Waals surface area contributed by atoms with E-state index in [4.69, 9.17) is 0 Å². The van der Waals surface area contributed by atoms with Crippen molar-refractivity contribution in [2.24, 2.45) is 0 Å². The summed E-state index contributed by atoms with van der Waals surface area (Å²) in [5, 5.41) is 1.78. The van der Waals surface area contributed by atoms with E-state index in [2.05, 4.69) is 52.9 Å². The molecule has 1 saturated heterocycles. The minimum absolute atomic E-state index is 0.0613. The van der Waals surface area contributed by atoms with E-state index in [1.807, 2.05) is 12.1 Å². The summed E-state index contributed by atoms with van der Waals surface area (Å²) in [6.07, 6.45) is 0.715. The molecule has 0 aromatic heterocycles. The average Bonchev–Trinajstić information content (AvgIpc) is 2.65. The highest BCUT2D eigenvalue weighted by atomic mass is 32.2. The highest BCUT2D eigenvalue weighted by molar-refractivity contribution is 7.92. The quantitative estimate of drug-likeness (QED) is 0.786. The topological polar surface area (TPSA) is 83.6 Å². The fraction of sp³-hybridized carbons (Fsp3) is 0.652. The number of hydrogen-bond acceptors (Lipinski definition) is 4. The molecule has 2 amide bonds. The summed E-state index contributed by atoms with van der Waals surface area (Å²) in [6, 6.07) is 6.10. The zero-order valence-corrected chi connectivity index (χ0v) is 20.1. The number of hydrogen-bond donors (Lipinski definition) is 1. The molecular weight excluding hydrogens is 400 g/mol. The van der Waals surface area contributed by atoms with E-state index in [9.17, 15) is 18.0 Å². The van der Waals surface area contributed by atoms with E-state index in [0.29, 0.717) is 31.5 Å². The zero-order valence-electron chi connectivity index (χ0n) is 19.3. The van der Waals surface area contributed by atoms with Gasteiger partial charge in [0, 0.05) is 25.7 Å². The zero-order chi connectivity index (χ0) is 22.9. The summed E-state index contributed by atoms with van der Waals surface area (Å²) in [5.74, 6) is -1.05. The molecule has 1 aromatic carbocycles. The van der Waals surface area contributed by atoms with Gasteiger partial charge in [0.2, 0.25) is 5.91 Å². The van der Waals surface area contributed by atoms with Crippen molar-refractivity contribution in [2.45, 2.75) is 70.5 Å². The van der Waals surface area contributed by atoms with E-state index in [0.717, 1.165) is 11.1 Å². The van der Waals surface area contributed by atoms with Gasteiger partial charge in [0.1, 0.15) is 5.75 Å². The molecule has 1 N–H and O–H groups in total. The minimum Gasteiger partial charge on any atom is -0.358 e.